The molecular weight excluding hydrogens is 134 g/mol. The molecule has 64 valence electrons. The Morgan fingerprint density at radius 2 is 1.91 bits per heavy atom. The van der Waals surface area contributed by atoms with Gasteiger partial charge in [0, 0.05) is 12.4 Å². The summed E-state index contributed by atoms with van der Waals surface area (Å²) in [4.78, 5) is 3.96. The highest BCUT2D eigenvalue weighted by atomic mass is 14.6. The van der Waals surface area contributed by atoms with Crippen molar-refractivity contribution in [2.45, 2.75) is 34.1 Å². The van der Waals surface area contributed by atoms with Gasteiger partial charge in [0.25, 0.3) is 0 Å². The maximum Gasteiger partial charge on any atom is 0.0264 e. The van der Waals surface area contributed by atoms with E-state index in [0.29, 0.717) is 0 Å². The predicted molar refractivity (Wildman–Crippen MR) is 54.1 cm³/mol. The predicted octanol–water partition coefficient (Wildman–Crippen LogP) is 3.58. The van der Waals surface area contributed by atoms with Gasteiger partial charge in [-0.25, -0.2) is 0 Å². The summed E-state index contributed by atoms with van der Waals surface area (Å²) in [5.41, 5.74) is 0. The van der Waals surface area contributed by atoms with Crippen LogP contribution in [0.3, 0.4) is 0 Å². The molecular formula is C10H19N. The van der Waals surface area contributed by atoms with E-state index in [0.717, 1.165) is 6.42 Å². The van der Waals surface area contributed by atoms with E-state index in [-0.39, 0.29) is 0 Å². The smallest absolute Gasteiger partial charge is 0.0264 e. The summed E-state index contributed by atoms with van der Waals surface area (Å²) in [5, 5.41) is 0. The summed E-state index contributed by atoms with van der Waals surface area (Å²) >= 11 is 0. The van der Waals surface area contributed by atoms with Crippen LogP contribution in [0.4, 0.5) is 0 Å². The normalized spacial score (nSPS) is 10.9. The van der Waals surface area contributed by atoms with Crippen molar-refractivity contribution in [3.63, 3.8) is 0 Å². The zero-order valence-corrected chi connectivity index (χ0v) is 8.04. The van der Waals surface area contributed by atoms with E-state index in [1.54, 1.807) is 12.4 Å². The monoisotopic (exact) mass is 153 g/mol. The molecule has 0 fully saturated rings. The van der Waals surface area contributed by atoms with E-state index < -0.39 is 0 Å². The average molecular weight is 153 g/mol. The zero-order valence-electron chi connectivity index (χ0n) is 8.04. The molecule has 1 nitrogen and oxygen atoms in total. The third-order valence-corrected chi connectivity index (χ3v) is 0.792. The fourth-order valence-electron chi connectivity index (χ4n) is 0.352. The second-order valence-electron chi connectivity index (χ2n) is 1.62. The van der Waals surface area contributed by atoms with Gasteiger partial charge in [0.15, 0.2) is 0 Å². The van der Waals surface area contributed by atoms with Gasteiger partial charge < -0.3 is 0 Å². The van der Waals surface area contributed by atoms with E-state index in [1.165, 1.54) is 0 Å². The molecule has 0 aliphatic rings. The van der Waals surface area contributed by atoms with Crippen LogP contribution < -0.4 is 0 Å². The lowest BCUT2D eigenvalue weighted by Crippen LogP contribution is -1.59. The number of allylic oxidation sites excluding steroid dienone is 3. The lowest BCUT2D eigenvalue weighted by molar-refractivity contribution is 1.21. The quantitative estimate of drug-likeness (QED) is 0.549. The molecule has 0 saturated heterocycles. The highest BCUT2D eigenvalue weighted by molar-refractivity contribution is 5.71. The second-order valence-corrected chi connectivity index (χ2v) is 1.62. The fraction of sp³-hybridized carbons (Fsp3) is 0.500. The summed E-state index contributed by atoms with van der Waals surface area (Å²) in [6.45, 7) is 8.05. The van der Waals surface area contributed by atoms with E-state index in [2.05, 4.69) is 11.9 Å². The zero-order chi connectivity index (χ0) is 8.95. The Kier molecular flexibility index (Phi) is 18.7. The van der Waals surface area contributed by atoms with Gasteiger partial charge in [0.05, 0.1) is 0 Å². The Morgan fingerprint density at radius 3 is 2.36 bits per heavy atom. The van der Waals surface area contributed by atoms with Crippen molar-refractivity contribution in [2.24, 2.45) is 4.99 Å². The van der Waals surface area contributed by atoms with Gasteiger partial charge in [-0.1, -0.05) is 32.9 Å². The molecule has 0 heterocycles. The standard InChI is InChI=1S/C8H13N.C2H6/c1-3-5-7-9-8-6-4-2;1-2/h3,5-8H,4H2,1-2H3;1-2H3/b5-3-,8-6-,9-7-;. The molecule has 0 radical (unpaired) electrons. The number of hydrogen-bond acceptors (Lipinski definition) is 1. The van der Waals surface area contributed by atoms with Gasteiger partial charge in [-0.2, -0.15) is 0 Å². The van der Waals surface area contributed by atoms with Crippen LogP contribution in [-0.4, -0.2) is 6.21 Å². The molecule has 0 aromatic heterocycles. The van der Waals surface area contributed by atoms with Crippen LogP contribution in [0.5, 0.6) is 0 Å². The van der Waals surface area contributed by atoms with Crippen LogP contribution in [0.15, 0.2) is 29.4 Å². The summed E-state index contributed by atoms with van der Waals surface area (Å²) in [6.07, 6.45) is 10.5. The van der Waals surface area contributed by atoms with E-state index >= 15 is 0 Å². The first-order valence-corrected chi connectivity index (χ1v) is 4.21. The molecule has 0 rings (SSSR count). The topological polar surface area (TPSA) is 12.4 Å². The van der Waals surface area contributed by atoms with Gasteiger partial charge in [-0.3, -0.25) is 4.99 Å². The van der Waals surface area contributed by atoms with E-state index in [9.17, 15) is 0 Å². The Balaban J connectivity index is 0. The van der Waals surface area contributed by atoms with Crippen molar-refractivity contribution >= 4 is 6.21 Å². The van der Waals surface area contributed by atoms with E-state index in [1.807, 2.05) is 39.0 Å². The van der Waals surface area contributed by atoms with Crippen LogP contribution >= 0.6 is 0 Å². The second kappa shape index (κ2) is 16.1. The van der Waals surface area contributed by atoms with Crippen molar-refractivity contribution < 1.29 is 0 Å². The highest BCUT2D eigenvalue weighted by Crippen LogP contribution is 1.78. The molecule has 0 aromatic carbocycles. The van der Waals surface area contributed by atoms with Crippen LogP contribution in [-0.2, 0) is 0 Å². The van der Waals surface area contributed by atoms with Gasteiger partial charge >= 0.3 is 0 Å². The lowest BCUT2D eigenvalue weighted by atomic mass is 10.5. The Morgan fingerprint density at radius 1 is 1.27 bits per heavy atom. The Bertz CT molecular complexity index is 121. The molecule has 0 saturated carbocycles. The summed E-state index contributed by atoms with van der Waals surface area (Å²) in [6, 6.07) is 0. The third kappa shape index (κ3) is 17.6. The maximum atomic E-state index is 3.96. The minimum absolute atomic E-state index is 1.05. The molecule has 0 aliphatic carbocycles. The highest BCUT2D eigenvalue weighted by Gasteiger charge is 1.60. The molecule has 1 heteroatoms. The van der Waals surface area contributed by atoms with Crippen molar-refractivity contribution in [3.05, 3.63) is 24.4 Å². The molecule has 0 aliphatic heterocycles. The molecule has 0 atom stereocenters. The van der Waals surface area contributed by atoms with Crippen molar-refractivity contribution in [1.29, 1.82) is 0 Å². The maximum absolute atomic E-state index is 3.96. The molecule has 0 spiro atoms. The van der Waals surface area contributed by atoms with Crippen molar-refractivity contribution in [2.75, 3.05) is 0 Å². The first-order chi connectivity index (χ1) is 5.41. The van der Waals surface area contributed by atoms with Crippen LogP contribution in [0.1, 0.15) is 34.1 Å². The first-order valence-electron chi connectivity index (χ1n) is 4.21. The lowest BCUT2D eigenvalue weighted by Gasteiger charge is -1.73. The molecule has 0 N–H and O–H groups in total. The number of nitrogens with zero attached hydrogens (tertiary/aromatic N) is 1. The first kappa shape index (κ1) is 12.8. The molecule has 0 bridgehead atoms. The minimum Gasteiger partial charge on any atom is -0.265 e. The minimum atomic E-state index is 1.05. The molecule has 11 heavy (non-hydrogen) atoms. The molecule has 0 aromatic rings. The number of hydrogen-bond donors (Lipinski definition) is 0. The summed E-state index contributed by atoms with van der Waals surface area (Å²) in [5.74, 6) is 0. The Labute approximate surface area is 70.5 Å². The van der Waals surface area contributed by atoms with E-state index in [4.69, 9.17) is 0 Å². The fourth-order valence-corrected chi connectivity index (χ4v) is 0.352. The Hall–Kier alpha value is -0.850. The van der Waals surface area contributed by atoms with Crippen LogP contribution in [0.25, 0.3) is 0 Å². The van der Waals surface area contributed by atoms with Gasteiger partial charge in [0.1, 0.15) is 0 Å². The largest absolute Gasteiger partial charge is 0.265 e. The van der Waals surface area contributed by atoms with Gasteiger partial charge in [-0.05, 0) is 19.4 Å². The summed E-state index contributed by atoms with van der Waals surface area (Å²) < 4.78 is 0. The van der Waals surface area contributed by atoms with Crippen LogP contribution in [0.2, 0.25) is 0 Å². The third-order valence-electron chi connectivity index (χ3n) is 0.792. The van der Waals surface area contributed by atoms with Crippen molar-refractivity contribution in [1.82, 2.24) is 0 Å². The number of aliphatic imine (C=N–C) groups is 1. The summed E-state index contributed by atoms with van der Waals surface area (Å²) in [7, 11) is 0. The number of rotatable bonds is 3. The average Bonchev–Trinajstić information content (AvgIpc) is 2.08. The van der Waals surface area contributed by atoms with Crippen LogP contribution in [0, 0.1) is 0 Å². The van der Waals surface area contributed by atoms with Gasteiger partial charge in [0.2, 0.25) is 0 Å². The van der Waals surface area contributed by atoms with Gasteiger partial charge in [-0.15, -0.1) is 0 Å². The van der Waals surface area contributed by atoms with Crippen molar-refractivity contribution in [3.8, 4) is 0 Å². The molecule has 0 amide bonds. The SMILES string of the molecule is CC.C\C=C/C=N\C=C/CC. The molecule has 0 unspecified atom stereocenters.